The van der Waals surface area contributed by atoms with Gasteiger partial charge < -0.3 is 24.4 Å². The molecule has 3 rings (SSSR count). The number of hydrogen-bond donors (Lipinski definition) is 1. The van der Waals surface area contributed by atoms with E-state index in [1.54, 1.807) is 19.1 Å². The molecule has 10 heteroatoms. The van der Waals surface area contributed by atoms with E-state index in [-0.39, 0.29) is 24.8 Å². The summed E-state index contributed by atoms with van der Waals surface area (Å²) in [5, 5.41) is 2.76. The molecule has 0 radical (unpaired) electrons. The van der Waals surface area contributed by atoms with Crippen molar-refractivity contribution in [3.63, 3.8) is 0 Å². The van der Waals surface area contributed by atoms with Crippen LogP contribution in [0.25, 0.3) is 0 Å². The highest BCUT2D eigenvalue weighted by Gasteiger charge is 2.34. The number of rotatable bonds is 8. The van der Waals surface area contributed by atoms with E-state index >= 15 is 0 Å². The number of methoxy groups -OCH3 is 3. The lowest BCUT2D eigenvalue weighted by atomic mass is 10.1. The standard InChI is InChI=1S/C23H34N4O6/c1-16-11-19(31-2)20(32-3)12-17(16)14-25-7-9-26(10-8-25)21(28)15-27-6-5-24-23(30)18(27)13-22(29)33-4/h11-12,18H,5-10,13-15H2,1-4H3,(H,24,30)/t18-/m0/s1. The van der Waals surface area contributed by atoms with Crippen molar-refractivity contribution < 1.29 is 28.6 Å². The molecule has 0 saturated carbocycles. The van der Waals surface area contributed by atoms with Gasteiger partial charge in [0.25, 0.3) is 0 Å². The van der Waals surface area contributed by atoms with Crippen molar-refractivity contribution in [2.45, 2.75) is 25.9 Å². The Morgan fingerprint density at radius 2 is 1.70 bits per heavy atom. The van der Waals surface area contributed by atoms with Crippen LogP contribution in [0.5, 0.6) is 11.5 Å². The lowest BCUT2D eigenvalue weighted by Crippen LogP contribution is -2.59. The van der Waals surface area contributed by atoms with Crippen molar-refractivity contribution in [1.82, 2.24) is 20.0 Å². The number of hydrogen-bond acceptors (Lipinski definition) is 8. The Morgan fingerprint density at radius 1 is 1.03 bits per heavy atom. The summed E-state index contributed by atoms with van der Waals surface area (Å²) in [6.45, 7) is 6.67. The number of benzene rings is 1. The van der Waals surface area contributed by atoms with Gasteiger partial charge in [0.05, 0.1) is 34.3 Å². The zero-order valence-corrected chi connectivity index (χ0v) is 19.9. The molecule has 1 N–H and O–H groups in total. The fourth-order valence-electron chi connectivity index (χ4n) is 4.28. The summed E-state index contributed by atoms with van der Waals surface area (Å²) >= 11 is 0. The topological polar surface area (TPSA) is 101 Å². The van der Waals surface area contributed by atoms with E-state index in [2.05, 4.69) is 17.1 Å². The molecule has 0 spiro atoms. The molecule has 2 fully saturated rings. The molecule has 10 nitrogen and oxygen atoms in total. The third-order valence-corrected chi connectivity index (χ3v) is 6.33. The first-order chi connectivity index (χ1) is 15.9. The first-order valence-electron chi connectivity index (χ1n) is 11.2. The van der Waals surface area contributed by atoms with Crippen molar-refractivity contribution in [2.24, 2.45) is 0 Å². The Kier molecular flexibility index (Phi) is 8.51. The van der Waals surface area contributed by atoms with Crippen LogP contribution in [0, 0.1) is 6.92 Å². The number of carbonyl (C=O) groups excluding carboxylic acids is 3. The van der Waals surface area contributed by atoms with E-state index in [1.165, 1.54) is 7.11 Å². The zero-order chi connectivity index (χ0) is 24.0. The third kappa shape index (κ3) is 6.14. The van der Waals surface area contributed by atoms with Crippen LogP contribution in [-0.2, 0) is 25.7 Å². The maximum absolute atomic E-state index is 12.9. The Morgan fingerprint density at radius 3 is 2.33 bits per heavy atom. The summed E-state index contributed by atoms with van der Waals surface area (Å²) in [7, 11) is 4.55. The Balaban J connectivity index is 1.54. The monoisotopic (exact) mass is 462 g/mol. The zero-order valence-electron chi connectivity index (χ0n) is 19.9. The Bertz CT molecular complexity index is 869. The fourth-order valence-corrected chi connectivity index (χ4v) is 4.28. The van der Waals surface area contributed by atoms with E-state index in [0.29, 0.717) is 37.7 Å². The average molecular weight is 463 g/mol. The van der Waals surface area contributed by atoms with Gasteiger partial charge in [-0.25, -0.2) is 0 Å². The second kappa shape index (κ2) is 11.3. The number of carbonyl (C=O) groups is 3. The first-order valence-corrected chi connectivity index (χ1v) is 11.2. The van der Waals surface area contributed by atoms with Gasteiger partial charge >= 0.3 is 5.97 Å². The number of esters is 1. The number of piperazine rings is 2. The minimum absolute atomic E-state index is 0.0264. The van der Waals surface area contributed by atoms with Crippen LogP contribution in [0.4, 0.5) is 0 Å². The largest absolute Gasteiger partial charge is 0.493 e. The molecule has 33 heavy (non-hydrogen) atoms. The molecule has 2 heterocycles. The molecule has 1 aromatic rings. The molecule has 2 aliphatic rings. The number of nitrogens with zero attached hydrogens (tertiary/aromatic N) is 3. The molecule has 1 aromatic carbocycles. The normalized spacial score (nSPS) is 19.7. The van der Waals surface area contributed by atoms with Crippen LogP contribution in [0.1, 0.15) is 17.5 Å². The molecular weight excluding hydrogens is 428 g/mol. The van der Waals surface area contributed by atoms with E-state index in [4.69, 9.17) is 14.2 Å². The number of amides is 2. The van der Waals surface area contributed by atoms with Crippen molar-refractivity contribution >= 4 is 17.8 Å². The summed E-state index contributed by atoms with van der Waals surface area (Å²) in [5.74, 6) is 0.690. The number of nitrogens with one attached hydrogen (secondary N) is 1. The minimum Gasteiger partial charge on any atom is -0.493 e. The lowest BCUT2D eigenvalue weighted by Gasteiger charge is -2.38. The van der Waals surface area contributed by atoms with Crippen molar-refractivity contribution in [1.29, 1.82) is 0 Å². The predicted octanol–water partition coefficient (Wildman–Crippen LogP) is 0.0199. The van der Waals surface area contributed by atoms with Gasteiger partial charge in [-0.3, -0.25) is 24.2 Å². The van der Waals surface area contributed by atoms with E-state index in [0.717, 1.165) is 30.8 Å². The molecule has 0 aliphatic carbocycles. The summed E-state index contributed by atoms with van der Waals surface area (Å²) < 4.78 is 15.5. The molecule has 2 amide bonds. The van der Waals surface area contributed by atoms with Gasteiger partial charge in [0.15, 0.2) is 11.5 Å². The molecule has 0 unspecified atom stereocenters. The Labute approximate surface area is 194 Å². The predicted molar refractivity (Wildman–Crippen MR) is 121 cm³/mol. The molecule has 2 saturated heterocycles. The van der Waals surface area contributed by atoms with Gasteiger partial charge in [-0.1, -0.05) is 0 Å². The second-order valence-electron chi connectivity index (χ2n) is 8.35. The van der Waals surface area contributed by atoms with Crippen LogP contribution in [0.2, 0.25) is 0 Å². The minimum atomic E-state index is -0.676. The van der Waals surface area contributed by atoms with E-state index < -0.39 is 12.0 Å². The highest BCUT2D eigenvalue weighted by atomic mass is 16.5. The molecule has 0 bridgehead atoms. The van der Waals surface area contributed by atoms with Gasteiger partial charge in [-0.15, -0.1) is 0 Å². The average Bonchev–Trinajstić information content (AvgIpc) is 2.82. The van der Waals surface area contributed by atoms with Crippen LogP contribution in [0.15, 0.2) is 12.1 Å². The Hall–Kier alpha value is -2.85. The number of ether oxygens (including phenoxy) is 3. The van der Waals surface area contributed by atoms with Crippen molar-refractivity contribution in [3.05, 3.63) is 23.3 Å². The molecule has 182 valence electrons. The van der Waals surface area contributed by atoms with Gasteiger partial charge in [0.1, 0.15) is 6.04 Å². The fraction of sp³-hybridized carbons (Fsp3) is 0.609. The molecule has 0 aromatic heterocycles. The highest BCUT2D eigenvalue weighted by Crippen LogP contribution is 2.31. The van der Waals surface area contributed by atoms with Gasteiger partial charge in [-0.2, -0.15) is 0 Å². The third-order valence-electron chi connectivity index (χ3n) is 6.33. The van der Waals surface area contributed by atoms with Crippen LogP contribution < -0.4 is 14.8 Å². The van der Waals surface area contributed by atoms with Crippen LogP contribution >= 0.6 is 0 Å². The smallest absolute Gasteiger partial charge is 0.307 e. The van der Waals surface area contributed by atoms with Gasteiger partial charge in [0.2, 0.25) is 11.8 Å². The number of aryl methyl sites for hydroxylation is 1. The maximum Gasteiger partial charge on any atom is 0.307 e. The highest BCUT2D eigenvalue weighted by molar-refractivity contribution is 5.88. The first kappa shape index (κ1) is 24.8. The lowest BCUT2D eigenvalue weighted by molar-refractivity contribution is -0.147. The summed E-state index contributed by atoms with van der Waals surface area (Å²) in [6.07, 6.45) is -0.0614. The summed E-state index contributed by atoms with van der Waals surface area (Å²) in [4.78, 5) is 42.8. The van der Waals surface area contributed by atoms with Gasteiger partial charge in [-0.05, 0) is 30.2 Å². The maximum atomic E-state index is 12.9. The van der Waals surface area contributed by atoms with Gasteiger partial charge in [0, 0.05) is 45.8 Å². The van der Waals surface area contributed by atoms with Crippen LogP contribution in [-0.4, -0.2) is 106 Å². The SMILES string of the molecule is COC(=O)C[C@H]1C(=O)NCCN1CC(=O)N1CCN(Cc2cc(OC)c(OC)cc2C)CC1. The second-order valence-corrected chi connectivity index (χ2v) is 8.35. The summed E-state index contributed by atoms with van der Waals surface area (Å²) in [5.41, 5.74) is 2.29. The molecular formula is C23H34N4O6. The molecule has 2 aliphatic heterocycles. The van der Waals surface area contributed by atoms with Crippen LogP contribution in [0.3, 0.4) is 0 Å². The van der Waals surface area contributed by atoms with Crippen molar-refractivity contribution in [2.75, 3.05) is 67.1 Å². The summed E-state index contributed by atoms with van der Waals surface area (Å²) in [6, 6.07) is 3.31. The van der Waals surface area contributed by atoms with E-state index in [9.17, 15) is 14.4 Å². The quantitative estimate of drug-likeness (QED) is 0.540. The van der Waals surface area contributed by atoms with E-state index in [1.807, 2.05) is 17.0 Å². The van der Waals surface area contributed by atoms with Crippen molar-refractivity contribution in [3.8, 4) is 11.5 Å². The molecule has 1 atom stereocenters.